The van der Waals surface area contributed by atoms with Crippen LogP contribution in [-0.2, 0) is 54.7 Å². The van der Waals surface area contributed by atoms with Crippen LogP contribution in [0.25, 0.3) is 38.9 Å². The van der Waals surface area contributed by atoms with Gasteiger partial charge in [0, 0.05) is 193 Å². The largest absolute Gasteiger partial charge is 0.391 e. The number of allylic oxidation sites excluding steroid dienone is 5. The number of aromatic amines is 7. The van der Waals surface area contributed by atoms with Gasteiger partial charge in [0.1, 0.15) is 5.52 Å². The molecule has 34 nitrogen and oxygen atoms in total. The van der Waals surface area contributed by atoms with E-state index in [-0.39, 0.29) is 82.0 Å². The first-order valence-corrected chi connectivity index (χ1v) is 51.9. The molecule has 6 saturated heterocycles. The number of carbonyl (C=O) groups excluding carboxylic acids is 2. The van der Waals surface area contributed by atoms with Crippen LogP contribution in [0, 0.1) is 35.5 Å². The van der Waals surface area contributed by atoms with Gasteiger partial charge in [-0.25, -0.2) is 29.9 Å². The maximum Gasteiger partial charge on any atom is 0.373 e. The van der Waals surface area contributed by atoms with Crippen LogP contribution in [0.5, 0.6) is 0 Å². The van der Waals surface area contributed by atoms with E-state index in [4.69, 9.17) is 15.3 Å². The third-order valence-electron chi connectivity index (χ3n) is 26.7. The van der Waals surface area contributed by atoms with Crippen LogP contribution in [0.15, 0.2) is 134 Å². The third-order valence-corrected chi connectivity index (χ3v) is 31.1. The zero-order valence-corrected chi connectivity index (χ0v) is 81.1. The van der Waals surface area contributed by atoms with Gasteiger partial charge in [-0.2, -0.15) is 56.6 Å². The van der Waals surface area contributed by atoms with Crippen LogP contribution in [0.2, 0.25) is 0 Å². The number of nitrogens with one attached hydrogen (secondary N) is 7. The topological polar surface area (TPSA) is 491 Å². The molecule has 0 spiro atoms. The normalized spacial score (nSPS) is 23.8. The van der Waals surface area contributed by atoms with Crippen LogP contribution >= 0.6 is 47.0 Å². The molecule has 0 bridgehead atoms. The number of fused-ring (bicyclic) bond motifs is 6. The summed E-state index contributed by atoms with van der Waals surface area (Å²) < 4.78 is 0. The van der Waals surface area contributed by atoms with Crippen molar-refractivity contribution in [2.45, 2.75) is 147 Å². The molecular formula is C97H132N20O14S4. The van der Waals surface area contributed by atoms with Gasteiger partial charge in [-0.3, -0.25) is 58.2 Å². The maximum atomic E-state index is 11.8. The van der Waals surface area contributed by atoms with E-state index in [0.717, 1.165) is 234 Å². The van der Waals surface area contributed by atoms with Gasteiger partial charge in [0.05, 0.1) is 109 Å². The Morgan fingerprint density at radius 2 is 0.756 bits per heavy atom. The number of nitrogens with two attached hydrogens (primary N) is 1. The van der Waals surface area contributed by atoms with Crippen molar-refractivity contribution >= 4 is 92.1 Å². The zero-order chi connectivity index (χ0) is 95.6. The molecule has 19 rings (SSSR count). The fourth-order valence-corrected chi connectivity index (χ4v) is 23.5. The predicted octanol–water partition coefficient (Wildman–Crippen LogP) is 4.63. The van der Waals surface area contributed by atoms with Crippen LogP contribution in [-0.4, -0.2) is 331 Å². The van der Waals surface area contributed by atoms with Crippen LogP contribution in [0.3, 0.4) is 0 Å². The zero-order valence-electron chi connectivity index (χ0n) is 77.8. The fourth-order valence-electron chi connectivity index (χ4n) is 19.7. The monoisotopic (exact) mass is 1930 g/mol. The van der Waals surface area contributed by atoms with Crippen molar-refractivity contribution in [1.82, 2.24) is 94.2 Å². The van der Waals surface area contributed by atoms with E-state index in [9.17, 15) is 59.4 Å². The van der Waals surface area contributed by atoms with E-state index in [0.29, 0.717) is 112 Å². The van der Waals surface area contributed by atoms with Crippen molar-refractivity contribution in [2.75, 3.05) is 159 Å². The number of hydrogen-bond acceptors (Lipinski definition) is 31. The summed E-state index contributed by atoms with van der Waals surface area (Å²) in [4.78, 5) is 145. The lowest BCUT2D eigenvalue weighted by Crippen LogP contribution is -2.24. The number of nitrogens with zero attached hydrogens (tertiary/aromatic N) is 12. The molecule has 135 heavy (non-hydrogen) atoms. The smallest absolute Gasteiger partial charge is 0.373 e. The first kappa shape index (κ1) is 103. The molecule has 15 N–H and O–H groups in total. The summed E-state index contributed by atoms with van der Waals surface area (Å²) >= 11 is 7.45. The molecule has 8 aromatic rings. The van der Waals surface area contributed by atoms with Crippen molar-refractivity contribution in [3.05, 3.63) is 234 Å². The minimum Gasteiger partial charge on any atom is -0.391 e. The lowest BCUT2D eigenvalue weighted by Gasteiger charge is -2.17. The molecule has 38 heteroatoms. The molecule has 0 unspecified atom stereocenters. The quantitative estimate of drug-likeness (QED) is 0.0263. The number of benzene rings is 1. The second-order valence-corrected chi connectivity index (χ2v) is 41.8. The highest BCUT2D eigenvalue weighted by Gasteiger charge is 2.39. The van der Waals surface area contributed by atoms with E-state index in [1.807, 2.05) is 59.7 Å². The average molecular weight is 1930 g/mol. The Bertz CT molecular complexity index is 5810. The van der Waals surface area contributed by atoms with Crippen molar-refractivity contribution in [1.29, 1.82) is 0 Å². The summed E-state index contributed by atoms with van der Waals surface area (Å²) in [5, 5.41) is 61.9. The van der Waals surface area contributed by atoms with Gasteiger partial charge < -0.3 is 71.3 Å². The predicted molar refractivity (Wildman–Crippen MR) is 533 cm³/mol. The van der Waals surface area contributed by atoms with Crippen molar-refractivity contribution in [3.8, 4) is 0 Å². The van der Waals surface area contributed by atoms with Crippen molar-refractivity contribution in [2.24, 2.45) is 41.2 Å². The number of likely N-dealkylation sites (tertiary alicyclic amines) is 6. The third kappa shape index (κ3) is 28.0. The number of β-amino-alcohol motifs (C(OH)–C–C–N with tert-alkyl or cyclic N) is 6. The van der Waals surface area contributed by atoms with E-state index >= 15 is 0 Å². The van der Waals surface area contributed by atoms with Crippen LogP contribution < -0.4 is 39.1 Å². The standard InChI is InChI=1S/C19H21N3O2.C16H24N4O2S.C16H24N4O2.C16H23N3O2S.C15H21N3O2S.C14H19N3O2S.CO2/c23-17-11-22(10-15(17)8-13-4-2-1-3-5-13)9-14-6-7-16-18(14)20-12-21-19(16)24;17-4-1-5-23-9-12-7-20(8-14(12)21)6-11-2-3-13-15(11)18-10-19-16(13)22;1-2-3-4-5-11-7-20(9-13(11)21)8-12-6-17-15-14(12)18-10-19-16(15)22;1-10(2)22-8-12-6-19(7-14(12)20)5-11-3-4-13-15(11)17-9-18-16(13)21;1-2-21-8-11-6-18(7-13(11)19)5-10-3-4-12-14(10)16-9-17-15(12)20;1-20-7-10-5-17(6-12(10)18)4-9-2-3-11-13(9)15-8-16-14(11)19;2-1-3/h1-6,12,15,17,23H,7-11H2,(H,20,21,24);2,10,12,14,21H,1,3-9,17H2,(H,18,19,22);6,10-11,13,17,21H,2-5,7-9H2,1H3,(H,18,19,22);3,9-10,12,14,20H,4-8H2,1-2H3,(H,17,18,21);3,9,11,13,19H,2,4-8H2,1H3,(H,16,17,20);2,8,10,12,18H,3-7H2,1H3,(H,15,16,19);/t15-,17-;12-,14+;11-,13-;12-,14+;11-,13+;10-,12+;/m010111./s1. The number of aromatic nitrogens is 13. The molecule has 11 aliphatic rings. The molecule has 0 radical (unpaired) electrons. The summed E-state index contributed by atoms with van der Waals surface area (Å²) in [5.41, 5.74) is 22.2. The molecule has 0 saturated carbocycles. The minimum atomic E-state index is -0.307. The summed E-state index contributed by atoms with van der Waals surface area (Å²) in [6, 6.07) is 10.3. The molecule has 728 valence electrons. The Morgan fingerprint density at radius 1 is 0.415 bits per heavy atom. The van der Waals surface area contributed by atoms with E-state index in [1.165, 1.54) is 62.8 Å². The Kier molecular flexibility index (Phi) is 39.1. The lowest BCUT2D eigenvalue weighted by atomic mass is 9.97. The van der Waals surface area contributed by atoms with Gasteiger partial charge in [-0.05, 0) is 138 Å². The maximum absolute atomic E-state index is 11.8. The molecule has 0 amide bonds. The number of aliphatic hydroxyl groups excluding tert-OH is 6. The highest BCUT2D eigenvalue weighted by Crippen LogP contribution is 2.35. The number of H-pyrrole nitrogens is 7. The van der Waals surface area contributed by atoms with Gasteiger partial charge in [0.2, 0.25) is 0 Å². The average Bonchev–Trinajstić information content (AvgIpc) is 1.69. The number of aliphatic hydroxyl groups is 6. The second-order valence-electron chi connectivity index (χ2n) is 36.8. The Hall–Kier alpha value is -9.00. The summed E-state index contributed by atoms with van der Waals surface area (Å²) in [7, 11) is 0. The Labute approximate surface area is 802 Å². The minimum absolute atomic E-state index is 0.0371. The molecule has 12 atom stereocenters. The summed E-state index contributed by atoms with van der Waals surface area (Å²) in [6.45, 7) is 23.6. The number of unbranched alkanes of at least 4 members (excludes halogenated alkanes) is 2. The van der Waals surface area contributed by atoms with E-state index in [2.05, 4.69) is 171 Å². The molecule has 7 aromatic heterocycles. The number of thioether (sulfide) groups is 4. The number of hydrogen-bond donors (Lipinski definition) is 14. The fraction of sp³-hybridized carbons (Fsp3) is 0.557. The van der Waals surface area contributed by atoms with Crippen molar-refractivity contribution < 1.29 is 40.2 Å². The van der Waals surface area contributed by atoms with Gasteiger partial charge >= 0.3 is 6.15 Å². The van der Waals surface area contributed by atoms with Gasteiger partial charge in [-0.15, -0.1) is 0 Å². The van der Waals surface area contributed by atoms with Crippen LogP contribution in [0.1, 0.15) is 127 Å². The van der Waals surface area contributed by atoms with Crippen molar-refractivity contribution in [3.63, 3.8) is 0 Å². The Balaban J connectivity index is 0.000000136. The summed E-state index contributed by atoms with van der Waals surface area (Å²) in [6.07, 6.45) is 31.8. The first-order valence-electron chi connectivity index (χ1n) is 47.2. The molecule has 13 heterocycles. The Morgan fingerprint density at radius 3 is 1.13 bits per heavy atom. The first-order chi connectivity index (χ1) is 65.4. The number of rotatable bonds is 31. The van der Waals surface area contributed by atoms with E-state index in [1.54, 1.807) is 11.8 Å². The molecule has 6 fully saturated rings. The lowest BCUT2D eigenvalue weighted by molar-refractivity contribution is -0.191. The van der Waals surface area contributed by atoms with Crippen LogP contribution in [0.4, 0.5) is 0 Å². The highest BCUT2D eigenvalue weighted by atomic mass is 32.2. The van der Waals surface area contributed by atoms with Gasteiger partial charge in [0.25, 0.3) is 33.4 Å². The summed E-state index contributed by atoms with van der Waals surface area (Å²) in [5.74, 6) is 8.10. The van der Waals surface area contributed by atoms with Gasteiger partial charge in [0.15, 0.2) is 0 Å². The molecular weight excluding hydrogens is 1800 g/mol. The van der Waals surface area contributed by atoms with E-state index < -0.39 is 0 Å². The molecule has 5 aliphatic carbocycles. The second kappa shape index (κ2) is 51.1. The molecule has 1 aromatic carbocycles. The van der Waals surface area contributed by atoms with Gasteiger partial charge in [-0.1, -0.05) is 108 Å². The SMILES string of the molecule is CC(C)SC[C@H]1CN(CC2=CCc3c2nc[nH]c3=O)C[C@@H]1O.CCCCC[C@H]1CN(Cc2c[nH]c3c(=O)[nH]cnc23)C[C@@H]1O.CCSC[C@H]1CN(CC2=CCc3c2nc[nH]c3=O)C[C@@H]1O.CSC[C@H]1CN(CC2=CCc3c2nc[nH]c3=O)C[C@@H]1O.NCCCSC[C@H]1CN(CC2=CCc3c2nc[nH]c3=O)C[C@@H]1O.O=C=O.O=c1[nH]cnc2c1CC=C2CN1C[C@H](Cc2ccccc2)[C@@H](O)C1. The highest BCUT2D eigenvalue weighted by molar-refractivity contribution is 8.00. The molecule has 6 aliphatic heterocycles.